The van der Waals surface area contributed by atoms with E-state index in [9.17, 15) is 28.8 Å². The third-order valence-electron chi connectivity index (χ3n) is 10.6. The number of carbonyl (C=O) groups is 6. The van der Waals surface area contributed by atoms with Crippen molar-refractivity contribution in [2.24, 2.45) is 0 Å². The Hall–Kier alpha value is -6.61. The van der Waals surface area contributed by atoms with Crippen LogP contribution in [0.25, 0.3) is 33.7 Å². The smallest absolute Gasteiger partial charge is 0.264 e. The Morgan fingerprint density at radius 2 is 1.66 bits per heavy atom. The number of benzene rings is 3. The van der Waals surface area contributed by atoms with Gasteiger partial charge in [0.1, 0.15) is 6.04 Å². The lowest BCUT2D eigenvalue weighted by molar-refractivity contribution is -0.136. The first-order chi connectivity index (χ1) is 27.1. The molecule has 0 aliphatic carbocycles. The fraction of sp³-hybridized carbons (Fsp3) is 0.293. The number of amides is 5. The average molecular weight is 756 g/mol. The molecule has 0 radical (unpaired) electrons. The number of piperazine rings is 1. The number of H-pyrrole nitrogens is 2. The normalized spacial score (nSPS) is 17.4. The number of ketones is 1. The molecule has 3 aliphatic heterocycles. The first-order valence-electron chi connectivity index (χ1n) is 18.7. The highest BCUT2D eigenvalue weighted by atomic mass is 16.2. The minimum absolute atomic E-state index is 0.0112. The second kappa shape index (κ2) is 14.9. The van der Waals surface area contributed by atoms with Crippen molar-refractivity contribution in [2.75, 3.05) is 56.0 Å². The highest BCUT2D eigenvalue weighted by Crippen LogP contribution is 2.37. The van der Waals surface area contributed by atoms with Crippen molar-refractivity contribution in [3.8, 4) is 22.6 Å². The highest BCUT2D eigenvalue weighted by molar-refractivity contribution is 6.25. The molecule has 8 rings (SSSR count). The number of imidazole rings is 1. The third kappa shape index (κ3) is 6.81. The second-order valence-electron chi connectivity index (χ2n) is 14.3. The number of carbonyl (C=O) groups excluding carboxylic acids is 6. The number of imide groups is 2. The zero-order valence-corrected chi connectivity index (χ0v) is 31.0. The van der Waals surface area contributed by atoms with Gasteiger partial charge in [-0.25, -0.2) is 4.98 Å². The van der Waals surface area contributed by atoms with Crippen LogP contribution in [-0.4, -0.2) is 112 Å². The molecule has 2 saturated heterocycles. The fourth-order valence-corrected chi connectivity index (χ4v) is 7.93. The molecule has 0 bridgehead atoms. The summed E-state index contributed by atoms with van der Waals surface area (Å²) in [6.45, 7) is 7.19. The molecule has 56 heavy (non-hydrogen) atoms. The summed E-state index contributed by atoms with van der Waals surface area (Å²) in [5, 5.41) is 8.28. The molecule has 15 heteroatoms. The van der Waals surface area contributed by atoms with Crippen LogP contribution in [-0.2, 0) is 14.4 Å². The number of nitrogens with zero attached hydrogens (tertiary/aromatic N) is 4. The molecule has 0 saturated carbocycles. The van der Waals surface area contributed by atoms with Gasteiger partial charge in [-0.15, -0.1) is 0 Å². The largest absolute Gasteiger partial charge is 0.383 e. The monoisotopic (exact) mass is 755 g/mol. The van der Waals surface area contributed by atoms with E-state index in [0.29, 0.717) is 43.3 Å². The van der Waals surface area contributed by atoms with Crippen LogP contribution in [0.5, 0.6) is 0 Å². The predicted molar refractivity (Wildman–Crippen MR) is 209 cm³/mol. The molecule has 5 aromatic rings. The summed E-state index contributed by atoms with van der Waals surface area (Å²) in [4.78, 5) is 93.1. The number of piperidine rings is 1. The summed E-state index contributed by atoms with van der Waals surface area (Å²) in [6, 6.07) is 19.8. The lowest BCUT2D eigenvalue weighted by atomic mass is 9.98. The third-order valence-corrected chi connectivity index (χ3v) is 10.6. The second-order valence-corrected chi connectivity index (χ2v) is 14.3. The quantitative estimate of drug-likeness (QED) is 0.0758. The van der Waals surface area contributed by atoms with E-state index in [-0.39, 0.29) is 42.2 Å². The number of hydrogen-bond acceptors (Lipinski definition) is 10. The number of aryl methyl sites for hydroxylation is 1. The molecule has 0 spiro atoms. The molecule has 5 heterocycles. The van der Waals surface area contributed by atoms with Crippen LogP contribution in [0.4, 0.5) is 11.4 Å². The molecule has 5 N–H and O–H groups in total. The predicted octanol–water partition coefficient (Wildman–Crippen LogP) is 3.49. The van der Waals surface area contributed by atoms with Gasteiger partial charge in [-0.3, -0.25) is 43.9 Å². The molecule has 3 aromatic carbocycles. The van der Waals surface area contributed by atoms with Crippen molar-refractivity contribution in [3.05, 3.63) is 89.1 Å². The molecule has 2 fully saturated rings. The van der Waals surface area contributed by atoms with Gasteiger partial charge in [0.05, 0.1) is 34.4 Å². The lowest BCUT2D eigenvalue weighted by Crippen LogP contribution is -2.54. The maximum Gasteiger partial charge on any atom is 0.264 e. The van der Waals surface area contributed by atoms with Crippen LogP contribution in [0.15, 0.2) is 66.7 Å². The maximum atomic E-state index is 13.3. The van der Waals surface area contributed by atoms with Gasteiger partial charge in [0.25, 0.3) is 11.8 Å². The number of aromatic nitrogens is 3. The van der Waals surface area contributed by atoms with Crippen LogP contribution in [0.1, 0.15) is 56.5 Å². The number of rotatable bonds is 11. The molecule has 1 unspecified atom stereocenters. The summed E-state index contributed by atoms with van der Waals surface area (Å²) >= 11 is 0. The van der Waals surface area contributed by atoms with Gasteiger partial charge in [0.15, 0.2) is 11.6 Å². The Bertz CT molecular complexity index is 2410. The van der Waals surface area contributed by atoms with E-state index in [1.807, 2.05) is 43.3 Å². The van der Waals surface area contributed by atoms with Gasteiger partial charge in [-0.05, 0) is 56.2 Å². The van der Waals surface area contributed by atoms with Crippen LogP contribution in [0.2, 0.25) is 0 Å². The Labute approximate surface area is 321 Å². The van der Waals surface area contributed by atoms with E-state index in [2.05, 4.69) is 47.9 Å². The fourth-order valence-electron chi connectivity index (χ4n) is 7.93. The Morgan fingerprint density at radius 3 is 2.41 bits per heavy atom. The van der Waals surface area contributed by atoms with Crippen LogP contribution < -0.4 is 20.9 Å². The number of aromatic amines is 2. The standard InChI is InChI=1S/C41H41N9O6/c1-23-34(24(2)51)35(25-7-4-3-5-8-25)37(44-23)38-45-28-12-11-26(21-30(28)46-38)49-19-17-48(18-20-49)22-33(53)43-16-15-42-29-10-6-9-27-36(29)41(56)50(40(27)55)31-13-14-32(52)47-39(31)54/h3-12,21,31,42,44H,13-20,22H2,1-2H3,(H,43,53)(H,45,46)(H,47,52,54). The molecule has 3 aliphatic rings. The highest BCUT2D eigenvalue weighted by Gasteiger charge is 2.45. The molecule has 2 aromatic heterocycles. The Kier molecular flexibility index (Phi) is 9.68. The van der Waals surface area contributed by atoms with Gasteiger partial charge in [0, 0.05) is 73.9 Å². The molecule has 15 nitrogen and oxygen atoms in total. The molecule has 5 amide bonds. The molecule has 1 atom stereocenters. The Morgan fingerprint density at radius 1 is 0.875 bits per heavy atom. The zero-order chi connectivity index (χ0) is 39.1. The minimum Gasteiger partial charge on any atom is -0.383 e. The van der Waals surface area contributed by atoms with Crippen molar-refractivity contribution in [3.63, 3.8) is 0 Å². The van der Waals surface area contributed by atoms with Gasteiger partial charge in [0.2, 0.25) is 17.7 Å². The zero-order valence-electron chi connectivity index (χ0n) is 31.0. The van der Waals surface area contributed by atoms with Gasteiger partial charge < -0.3 is 25.5 Å². The van der Waals surface area contributed by atoms with Crippen molar-refractivity contribution in [2.45, 2.75) is 32.7 Å². The van der Waals surface area contributed by atoms with Crippen molar-refractivity contribution >= 4 is 57.7 Å². The first kappa shape index (κ1) is 36.4. The summed E-state index contributed by atoms with van der Waals surface area (Å²) in [6.07, 6.45) is 0.129. The van der Waals surface area contributed by atoms with Gasteiger partial charge >= 0.3 is 0 Å². The van der Waals surface area contributed by atoms with E-state index in [1.54, 1.807) is 25.1 Å². The summed E-state index contributed by atoms with van der Waals surface area (Å²) < 4.78 is 0. The van der Waals surface area contributed by atoms with Gasteiger partial charge in [-0.1, -0.05) is 36.4 Å². The number of nitrogens with one attached hydrogen (secondary N) is 5. The molecule has 286 valence electrons. The number of Topliss-reactive ketones (excluding diaryl/α,β-unsaturated/α-hetero) is 1. The van der Waals surface area contributed by atoms with E-state index in [1.165, 1.54) is 0 Å². The van der Waals surface area contributed by atoms with Crippen LogP contribution >= 0.6 is 0 Å². The van der Waals surface area contributed by atoms with E-state index in [4.69, 9.17) is 4.98 Å². The number of fused-ring (bicyclic) bond motifs is 2. The van der Waals surface area contributed by atoms with Crippen molar-refractivity contribution in [1.82, 2.24) is 35.4 Å². The maximum absolute atomic E-state index is 13.3. The van der Waals surface area contributed by atoms with Crippen LogP contribution in [0, 0.1) is 6.92 Å². The minimum atomic E-state index is -1.04. The first-order valence-corrected chi connectivity index (χ1v) is 18.7. The number of hydrogen-bond donors (Lipinski definition) is 5. The molecular formula is C41H41N9O6. The number of anilines is 2. The van der Waals surface area contributed by atoms with E-state index in [0.717, 1.165) is 57.2 Å². The van der Waals surface area contributed by atoms with E-state index < -0.39 is 29.7 Å². The SMILES string of the molecule is CC(=O)c1c(C)[nH]c(-c2nc3ccc(N4CCN(CC(=O)NCCNc5cccc6c5C(=O)N(C5CCC(=O)NC5=O)C6=O)CC4)cc3[nH]2)c1-c1ccccc1. The van der Waals surface area contributed by atoms with Crippen LogP contribution in [0.3, 0.4) is 0 Å². The molecular weight excluding hydrogens is 715 g/mol. The van der Waals surface area contributed by atoms with E-state index >= 15 is 0 Å². The average Bonchev–Trinajstić information content (AvgIpc) is 3.85. The summed E-state index contributed by atoms with van der Waals surface area (Å²) in [7, 11) is 0. The summed E-state index contributed by atoms with van der Waals surface area (Å²) in [5.41, 5.74) is 7.54. The Balaban J connectivity index is 0.841. The van der Waals surface area contributed by atoms with Gasteiger partial charge in [-0.2, -0.15) is 0 Å². The topological polar surface area (TPSA) is 193 Å². The van der Waals surface area contributed by atoms with Crippen molar-refractivity contribution < 1.29 is 28.8 Å². The lowest BCUT2D eigenvalue weighted by Gasteiger charge is -2.35. The summed E-state index contributed by atoms with van der Waals surface area (Å²) in [5.74, 6) is -1.73. The van der Waals surface area contributed by atoms with Crippen molar-refractivity contribution in [1.29, 1.82) is 0 Å².